The number of rotatable bonds is 4. The van der Waals surface area contributed by atoms with Gasteiger partial charge in [0.25, 0.3) is 0 Å². The number of aryl methyl sites for hydroxylation is 1. The van der Waals surface area contributed by atoms with Crippen LogP contribution in [0.15, 0.2) is 59.8 Å². The van der Waals surface area contributed by atoms with Gasteiger partial charge in [-0.2, -0.15) is 10.4 Å². The summed E-state index contributed by atoms with van der Waals surface area (Å²) in [5, 5.41) is 16.7. The van der Waals surface area contributed by atoms with Crippen LogP contribution >= 0.6 is 0 Å². The number of aromatic nitrogens is 5. The Hall–Kier alpha value is -4.18. The predicted molar refractivity (Wildman–Crippen MR) is 134 cm³/mol. The summed E-state index contributed by atoms with van der Waals surface area (Å²) >= 11 is 0. The second-order valence-electron chi connectivity index (χ2n) is 9.47. The molecule has 34 heavy (non-hydrogen) atoms. The van der Waals surface area contributed by atoms with Crippen LogP contribution < -0.4 is 5.69 Å². The maximum atomic E-state index is 13.1. The van der Waals surface area contributed by atoms with E-state index in [0.29, 0.717) is 5.92 Å². The van der Waals surface area contributed by atoms with Gasteiger partial charge in [-0.1, -0.05) is 19.1 Å². The van der Waals surface area contributed by atoms with E-state index in [1.807, 2.05) is 62.6 Å². The number of pyridine rings is 1. The highest BCUT2D eigenvalue weighted by atomic mass is 16.1. The summed E-state index contributed by atoms with van der Waals surface area (Å²) in [7, 11) is 1.74. The van der Waals surface area contributed by atoms with Gasteiger partial charge in [-0.25, -0.2) is 4.79 Å². The van der Waals surface area contributed by atoms with Gasteiger partial charge in [0, 0.05) is 32.1 Å². The molecule has 1 atom stereocenters. The van der Waals surface area contributed by atoms with Gasteiger partial charge in [-0.05, 0) is 73.2 Å². The Morgan fingerprint density at radius 3 is 2.74 bits per heavy atom. The minimum atomic E-state index is -0.599. The third-order valence-corrected chi connectivity index (χ3v) is 6.64. The number of imidazole rings is 1. The van der Waals surface area contributed by atoms with E-state index in [9.17, 15) is 10.1 Å². The van der Waals surface area contributed by atoms with E-state index >= 15 is 0 Å². The summed E-state index contributed by atoms with van der Waals surface area (Å²) in [6.45, 7) is 5.97. The molecule has 1 N–H and O–H groups in total. The summed E-state index contributed by atoms with van der Waals surface area (Å²) < 4.78 is 3.24. The van der Waals surface area contributed by atoms with Crippen molar-refractivity contribution < 1.29 is 1.43 Å². The number of nitrogens with one attached hydrogen (secondary N) is 1. The molecule has 1 unspecified atom stereocenters. The van der Waals surface area contributed by atoms with E-state index in [0.717, 1.165) is 45.9 Å². The molecule has 0 bridgehead atoms. The molecule has 0 radical (unpaired) electrons. The molecule has 0 saturated heterocycles. The first-order chi connectivity index (χ1) is 16.3. The lowest BCUT2D eigenvalue weighted by Gasteiger charge is -2.21. The molecule has 1 aliphatic rings. The highest BCUT2D eigenvalue weighted by Gasteiger charge is 2.23. The Morgan fingerprint density at radius 1 is 1.24 bits per heavy atom. The first-order valence-electron chi connectivity index (χ1n) is 11.3. The van der Waals surface area contributed by atoms with Crippen molar-refractivity contribution in [3.8, 4) is 23.1 Å². The lowest BCUT2D eigenvalue weighted by atomic mass is 9.84. The Morgan fingerprint density at radius 2 is 2.00 bits per heavy atom. The number of benzene rings is 1. The van der Waals surface area contributed by atoms with Gasteiger partial charge in [0.15, 0.2) is 0 Å². The summed E-state index contributed by atoms with van der Waals surface area (Å²) in [6, 6.07) is 14.0. The van der Waals surface area contributed by atoms with Crippen LogP contribution in [0.4, 0.5) is 0 Å². The van der Waals surface area contributed by atoms with Gasteiger partial charge in [0.1, 0.15) is 0 Å². The fraction of sp³-hybridized carbons (Fsp3) is 0.259. The Kier molecular flexibility index (Phi) is 5.09. The van der Waals surface area contributed by atoms with Crippen LogP contribution in [0.25, 0.3) is 28.7 Å². The fourth-order valence-corrected chi connectivity index (χ4v) is 4.53. The molecule has 1 aliphatic carbocycles. The van der Waals surface area contributed by atoms with Crippen LogP contribution in [0.5, 0.6) is 0 Å². The molecule has 4 aromatic rings. The first kappa shape index (κ1) is 21.7. The second-order valence-corrected chi connectivity index (χ2v) is 9.47. The van der Waals surface area contributed by atoms with Gasteiger partial charge in [0.2, 0.25) is 0 Å². The van der Waals surface area contributed by atoms with E-state index in [4.69, 9.17) is 0 Å². The predicted octanol–water partition coefficient (Wildman–Crippen LogP) is 4.74. The number of aromatic amines is 1. The largest absolute Gasteiger partial charge is 0.333 e. The Balaban J connectivity index is 0.00000289. The van der Waals surface area contributed by atoms with Crippen LogP contribution in [0.2, 0.25) is 0 Å². The van der Waals surface area contributed by atoms with Gasteiger partial charge in [0.05, 0.1) is 34.8 Å². The Bertz CT molecular complexity index is 1510. The first-order valence-corrected chi connectivity index (χ1v) is 11.3. The van der Waals surface area contributed by atoms with Crippen molar-refractivity contribution in [1.29, 1.82) is 5.26 Å². The molecule has 1 aromatic carbocycles. The molecule has 3 aromatic heterocycles. The van der Waals surface area contributed by atoms with Crippen LogP contribution in [-0.2, 0) is 18.9 Å². The lowest BCUT2D eigenvalue weighted by molar-refractivity contribution is 0.686. The minimum absolute atomic E-state index is 0. The fourth-order valence-electron chi connectivity index (χ4n) is 4.53. The quantitative estimate of drug-likeness (QED) is 0.484. The van der Waals surface area contributed by atoms with Crippen molar-refractivity contribution in [2.24, 2.45) is 13.0 Å². The van der Waals surface area contributed by atoms with Crippen molar-refractivity contribution >= 4 is 11.6 Å². The number of fused-ring (bicyclic) bond motifs is 1. The van der Waals surface area contributed by atoms with Crippen molar-refractivity contribution in [2.45, 2.75) is 32.6 Å². The van der Waals surface area contributed by atoms with Crippen molar-refractivity contribution in [3.63, 3.8) is 0 Å². The molecular weight excluding hydrogens is 424 g/mol. The zero-order valence-electron chi connectivity index (χ0n) is 19.7. The summed E-state index contributed by atoms with van der Waals surface area (Å²) in [4.78, 5) is 17.7. The normalized spacial score (nSPS) is 15.5. The van der Waals surface area contributed by atoms with E-state index in [2.05, 4.69) is 34.3 Å². The average Bonchev–Trinajstić information content (AvgIpc) is 3.42. The van der Waals surface area contributed by atoms with Crippen LogP contribution in [0, 0.1) is 17.2 Å². The molecule has 0 aliphatic heterocycles. The minimum Gasteiger partial charge on any atom is -0.301 e. The third-order valence-electron chi connectivity index (χ3n) is 6.64. The molecule has 0 spiro atoms. The molecule has 0 amide bonds. The van der Waals surface area contributed by atoms with Crippen molar-refractivity contribution in [3.05, 3.63) is 87.9 Å². The van der Waals surface area contributed by atoms with Crippen LogP contribution in [0.1, 0.15) is 44.6 Å². The van der Waals surface area contributed by atoms with E-state index in [-0.39, 0.29) is 7.12 Å². The van der Waals surface area contributed by atoms with Gasteiger partial charge >= 0.3 is 5.69 Å². The van der Waals surface area contributed by atoms with E-state index in [1.165, 1.54) is 5.57 Å². The molecule has 3 heterocycles. The number of nitriles is 1. The SMILES string of the molecule is CC1Cc2[nH]ncc2C=C1c1ccnc(-c2cn(C)c(=O)n2-c2ccc(C(C)(C)C#N)cc2)c1.[HH]. The molecule has 0 fully saturated rings. The van der Waals surface area contributed by atoms with Gasteiger partial charge < -0.3 is 4.57 Å². The number of allylic oxidation sites excluding steroid dienone is 1. The summed E-state index contributed by atoms with van der Waals surface area (Å²) in [6.07, 6.45) is 8.55. The number of hydrogen-bond donors (Lipinski definition) is 1. The molecule has 7 heteroatoms. The Labute approximate surface area is 199 Å². The zero-order chi connectivity index (χ0) is 24.0. The highest BCUT2D eigenvalue weighted by molar-refractivity contribution is 5.85. The smallest absolute Gasteiger partial charge is 0.301 e. The third kappa shape index (κ3) is 3.57. The van der Waals surface area contributed by atoms with Gasteiger partial charge in [-0.3, -0.25) is 14.6 Å². The molecular formula is C27H28N6O. The average molecular weight is 453 g/mol. The summed E-state index contributed by atoms with van der Waals surface area (Å²) in [5.74, 6) is 0.331. The van der Waals surface area contributed by atoms with Crippen molar-refractivity contribution in [2.75, 3.05) is 0 Å². The van der Waals surface area contributed by atoms with Gasteiger partial charge in [-0.15, -0.1) is 0 Å². The maximum absolute atomic E-state index is 13.1. The highest BCUT2D eigenvalue weighted by Crippen LogP contribution is 2.35. The lowest BCUT2D eigenvalue weighted by Crippen LogP contribution is -2.21. The van der Waals surface area contributed by atoms with Crippen LogP contribution in [0.3, 0.4) is 0 Å². The molecule has 7 nitrogen and oxygen atoms in total. The van der Waals surface area contributed by atoms with E-state index < -0.39 is 5.41 Å². The summed E-state index contributed by atoms with van der Waals surface area (Å²) in [5.41, 5.74) is 6.91. The maximum Gasteiger partial charge on any atom is 0.333 e. The molecule has 0 saturated carbocycles. The number of nitrogens with zero attached hydrogens (tertiary/aromatic N) is 5. The molecule has 5 rings (SSSR count). The van der Waals surface area contributed by atoms with Crippen LogP contribution in [-0.4, -0.2) is 24.3 Å². The standard InChI is InChI=1S/C27H26N6O.H2/c1-17-11-23-19(14-30-31-23)12-22(17)18-9-10-29-24(13-18)25-15-32(4)26(34)33(25)21-7-5-20(6-8-21)27(2,3)16-28;/h5-10,12-15,17H,11H2,1-4H3,(H,30,31);1H. The second kappa shape index (κ2) is 7.99. The number of hydrogen-bond acceptors (Lipinski definition) is 4. The molecule has 172 valence electrons. The topological polar surface area (TPSA) is 92.3 Å². The van der Waals surface area contributed by atoms with Crippen molar-refractivity contribution in [1.82, 2.24) is 24.3 Å². The van der Waals surface area contributed by atoms with E-state index in [1.54, 1.807) is 22.4 Å². The zero-order valence-corrected chi connectivity index (χ0v) is 19.7. The monoisotopic (exact) mass is 452 g/mol. The number of H-pyrrole nitrogens is 1.